The molecule has 0 saturated carbocycles. The van der Waals surface area contributed by atoms with E-state index >= 15 is 0 Å². The zero-order valence-corrected chi connectivity index (χ0v) is 8.64. The maximum atomic E-state index is 5.37. The molecule has 0 saturated heterocycles. The Hall–Kier alpha value is -0.700. The number of ether oxygens (including phenoxy) is 2. The number of hydrogen-bond acceptors (Lipinski definition) is 2. The Balaban J connectivity index is 3.02. The molecule has 0 fully saturated rings. The van der Waals surface area contributed by atoms with Crippen LogP contribution in [0, 0.1) is 6.07 Å². The first-order valence-electron chi connectivity index (χ1n) is 3.66. The minimum Gasteiger partial charge on any atom is -0.493 e. The van der Waals surface area contributed by atoms with Crippen molar-refractivity contribution in [2.45, 2.75) is 6.92 Å². The van der Waals surface area contributed by atoms with Crippen LogP contribution in [0.1, 0.15) is 6.92 Å². The topological polar surface area (TPSA) is 18.5 Å². The first-order valence-corrected chi connectivity index (χ1v) is 4.45. The van der Waals surface area contributed by atoms with Crippen molar-refractivity contribution < 1.29 is 9.47 Å². The highest BCUT2D eigenvalue weighted by Crippen LogP contribution is 2.34. The Morgan fingerprint density at radius 2 is 2.25 bits per heavy atom. The third kappa shape index (κ3) is 1.91. The van der Waals surface area contributed by atoms with E-state index in [9.17, 15) is 0 Å². The molecule has 0 bridgehead atoms. The Morgan fingerprint density at radius 3 is 2.83 bits per heavy atom. The zero-order valence-electron chi connectivity index (χ0n) is 7.06. The average molecular weight is 230 g/mol. The number of rotatable bonds is 3. The first-order chi connectivity index (χ1) is 5.79. The summed E-state index contributed by atoms with van der Waals surface area (Å²) in [5, 5.41) is 0. The predicted molar refractivity (Wildman–Crippen MR) is 50.7 cm³/mol. The van der Waals surface area contributed by atoms with Gasteiger partial charge in [-0.25, -0.2) is 0 Å². The smallest absolute Gasteiger partial charge is 0.175 e. The van der Waals surface area contributed by atoms with Gasteiger partial charge in [-0.3, -0.25) is 0 Å². The summed E-state index contributed by atoms with van der Waals surface area (Å²) in [5.41, 5.74) is 0. The molecule has 0 aliphatic carbocycles. The lowest BCUT2D eigenvalue weighted by atomic mass is 10.3. The van der Waals surface area contributed by atoms with Crippen LogP contribution in [-0.2, 0) is 0 Å². The highest BCUT2D eigenvalue weighted by Gasteiger charge is 2.06. The Morgan fingerprint density at radius 1 is 1.50 bits per heavy atom. The van der Waals surface area contributed by atoms with Gasteiger partial charge in [0.2, 0.25) is 0 Å². The molecule has 1 radical (unpaired) electrons. The number of halogens is 1. The fourth-order valence-electron chi connectivity index (χ4n) is 0.875. The quantitative estimate of drug-likeness (QED) is 0.794. The molecule has 0 heterocycles. The van der Waals surface area contributed by atoms with E-state index in [4.69, 9.17) is 9.47 Å². The van der Waals surface area contributed by atoms with Crippen molar-refractivity contribution in [3.63, 3.8) is 0 Å². The van der Waals surface area contributed by atoms with E-state index in [-0.39, 0.29) is 0 Å². The van der Waals surface area contributed by atoms with Crippen LogP contribution in [0.2, 0.25) is 0 Å². The second-order valence-electron chi connectivity index (χ2n) is 2.13. The van der Waals surface area contributed by atoms with Crippen LogP contribution in [0.5, 0.6) is 11.5 Å². The third-order valence-electron chi connectivity index (χ3n) is 1.37. The van der Waals surface area contributed by atoms with Crippen LogP contribution >= 0.6 is 15.9 Å². The standard InChI is InChI=1S/C9H10BrO2/c1-3-12-9-7(10)5-4-6-8(9)11-2/h5-6H,3H2,1-2H3. The maximum Gasteiger partial charge on any atom is 0.175 e. The summed E-state index contributed by atoms with van der Waals surface area (Å²) < 4.78 is 11.3. The second kappa shape index (κ2) is 4.36. The molecule has 0 aliphatic heterocycles. The Bertz CT molecular complexity index is 261. The minimum atomic E-state index is 0.624. The molecular weight excluding hydrogens is 220 g/mol. The summed E-state index contributed by atoms with van der Waals surface area (Å²) >= 11 is 3.35. The summed E-state index contributed by atoms with van der Waals surface area (Å²) in [6, 6.07) is 6.47. The van der Waals surface area contributed by atoms with Crippen LogP contribution in [0.3, 0.4) is 0 Å². The van der Waals surface area contributed by atoms with E-state index in [1.807, 2.05) is 6.92 Å². The fraction of sp³-hybridized carbons (Fsp3) is 0.333. The van der Waals surface area contributed by atoms with Crippen LogP contribution in [0.4, 0.5) is 0 Å². The average Bonchev–Trinajstić information content (AvgIpc) is 2.09. The molecule has 1 aromatic rings. The normalized spacial score (nSPS) is 9.58. The fourth-order valence-corrected chi connectivity index (χ4v) is 1.32. The zero-order chi connectivity index (χ0) is 8.97. The first kappa shape index (κ1) is 9.39. The van der Waals surface area contributed by atoms with Crippen molar-refractivity contribution in [2.75, 3.05) is 13.7 Å². The van der Waals surface area contributed by atoms with Gasteiger partial charge in [0.15, 0.2) is 11.5 Å². The van der Waals surface area contributed by atoms with Crippen molar-refractivity contribution >= 4 is 15.9 Å². The van der Waals surface area contributed by atoms with E-state index in [2.05, 4.69) is 22.0 Å². The van der Waals surface area contributed by atoms with Gasteiger partial charge in [0.25, 0.3) is 0 Å². The number of hydrogen-bond donors (Lipinski definition) is 0. The van der Waals surface area contributed by atoms with Gasteiger partial charge in [-0.15, -0.1) is 0 Å². The van der Waals surface area contributed by atoms with Crippen molar-refractivity contribution in [3.05, 3.63) is 22.7 Å². The molecule has 0 aromatic heterocycles. The summed E-state index contributed by atoms with van der Waals surface area (Å²) in [7, 11) is 1.61. The van der Waals surface area contributed by atoms with Gasteiger partial charge in [-0.1, -0.05) is 0 Å². The van der Waals surface area contributed by atoms with Gasteiger partial charge in [0.05, 0.1) is 18.2 Å². The van der Waals surface area contributed by atoms with E-state index in [0.717, 1.165) is 10.2 Å². The molecule has 12 heavy (non-hydrogen) atoms. The van der Waals surface area contributed by atoms with Gasteiger partial charge in [0, 0.05) is 0 Å². The molecule has 0 spiro atoms. The van der Waals surface area contributed by atoms with Crippen molar-refractivity contribution in [1.82, 2.24) is 0 Å². The van der Waals surface area contributed by atoms with Crippen LogP contribution in [0.25, 0.3) is 0 Å². The van der Waals surface area contributed by atoms with Gasteiger partial charge in [0.1, 0.15) is 0 Å². The lowest BCUT2D eigenvalue weighted by Crippen LogP contribution is -1.95. The second-order valence-corrected chi connectivity index (χ2v) is 2.99. The Kier molecular flexibility index (Phi) is 3.41. The van der Waals surface area contributed by atoms with Crippen molar-refractivity contribution in [1.29, 1.82) is 0 Å². The molecule has 0 unspecified atom stereocenters. The SMILES string of the molecule is CCOc1c(Br)c[c]cc1OC. The molecule has 3 heteroatoms. The van der Waals surface area contributed by atoms with Gasteiger partial charge in [-0.2, -0.15) is 0 Å². The molecule has 2 nitrogen and oxygen atoms in total. The van der Waals surface area contributed by atoms with Gasteiger partial charge >= 0.3 is 0 Å². The largest absolute Gasteiger partial charge is 0.493 e. The van der Waals surface area contributed by atoms with Gasteiger partial charge < -0.3 is 9.47 Å². The van der Waals surface area contributed by atoms with Crippen LogP contribution < -0.4 is 9.47 Å². The number of benzene rings is 1. The predicted octanol–water partition coefficient (Wildman–Crippen LogP) is 2.66. The Labute approximate surface area is 80.6 Å². The molecule has 0 amide bonds. The molecule has 0 atom stereocenters. The van der Waals surface area contributed by atoms with Gasteiger partial charge in [-0.05, 0) is 41.1 Å². The molecule has 65 valence electrons. The molecule has 1 rings (SSSR count). The monoisotopic (exact) mass is 229 g/mol. The molecule has 0 N–H and O–H groups in total. The maximum absolute atomic E-state index is 5.37. The van der Waals surface area contributed by atoms with Crippen molar-refractivity contribution in [2.24, 2.45) is 0 Å². The van der Waals surface area contributed by atoms with Crippen LogP contribution in [0.15, 0.2) is 16.6 Å². The third-order valence-corrected chi connectivity index (χ3v) is 1.96. The lowest BCUT2D eigenvalue weighted by molar-refractivity contribution is 0.309. The summed E-state index contributed by atoms with van der Waals surface area (Å²) in [4.78, 5) is 0. The number of methoxy groups -OCH3 is 1. The molecule has 0 aliphatic rings. The van der Waals surface area contributed by atoms with E-state index in [1.165, 1.54) is 0 Å². The minimum absolute atomic E-state index is 0.624. The summed E-state index contributed by atoms with van der Waals surface area (Å²) in [6.07, 6.45) is 0. The van der Waals surface area contributed by atoms with E-state index < -0.39 is 0 Å². The van der Waals surface area contributed by atoms with E-state index in [0.29, 0.717) is 12.4 Å². The summed E-state index contributed by atoms with van der Waals surface area (Å²) in [5.74, 6) is 1.44. The van der Waals surface area contributed by atoms with E-state index in [1.54, 1.807) is 19.2 Å². The summed E-state index contributed by atoms with van der Waals surface area (Å²) in [6.45, 7) is 2.56. The highest BCUT2D eigenvalue weighted by molar-refractivity contribution is 9.10. The van der Waals surface area contributed by atoms with Crippen molar-refractivity contribution in [3.8, 4) is 11.5 Å². The lowest BCUT2D eigenvalue weighted by Gasteiger charge is -2.09. The van der Waals surface area contributed by atoms with Crippen LogP contribution in [-0.4, -0.2) is 13.7 Å². The highest BCUT2D eigenvalue weighted by atomic mass is 79.9. The molecular formula is C9H10BrO2. The molecule has 1 aromatic carbocycles.